The molecule has 4 saturated carbocycles. The quantitative estimate of drug-likeness (QED) is 0.250. The Balaban J connectivity index is 1.42. The van der Waals surface area contributed by atoms with E-state index < -0.39 is 78.7 Å². The molecule has 2 bridgehead atoms. The largest absolute Gasteiger partial charge is 0.481 e. The fourth-order valence-electron chi connectivity index (χ4n) is 8.74. The molecule has 0 radical (unpaired) electrons. The van der Waals surface area contributed by atoms with Crippen LogP contribution in [0.4, 0.5) is 35.1 Å². The zero-order valence-electron chi connectivity index (χ0n) is 24.8. The summed E-state index contributed by atoms with van der Waals surface area (Å²) in [7, 11) is -4.58. The van der Waals surface area contributed by atoms with E-state index in [2.05, 4.69) is 5.32 Å². The molecule has 0 spiro atoms. The van der Waals surface area contributed by atoms with E-state index in [9.17, 15) is 53.8 Å². The van der Waals surface area contributed by atoms with Crippen molar-refractivity contribution in [1.82, 2.24) is 5.32 Å². The van der Waals surface area contributed by atoms with Crippen molar-refractivity contribution in [2.45, 2.75) is 97.4 Å². The van der Waals surface area contributed by atoms with E-state index in [1.54, 1.807) is 0 Å². The molecular formula is C32H31F8NO5S. The Hall–Kier alpha value is -3.23. The van der Waals surface area contributed by atoms with Crippen molar-refractivity contribution in [3.05, 3.63) is 65.0 Å². The number of alkyl halides is 7. The van der Waals surface area contributed by atoms with Gasteiger partial charge in [-0.15, -0.1) is 0 Å². The number of amides is 1. The van der Waals surface area contributed by atoms with Gasteiger partial charge in [0.2, 0.25) is 5.91 Å². The standard InChI is InChI=1S/C32H31F8NO5S/c33-20-3-5-21(6-4-20)47(45,46)29-10-9-22(25(42)41-28-14-11-27(12-15-28,13-16-28)26(43)44)24(29)7-1-18-17-19(2-8-23(18)29)30(34,31(35,36)37)32(38,39)40/h2-6,8,17,22,24H,1,7,9-16H2,(H,41,42)(H,43,44)/t22-,24+,27?,28?,29-/m1/s1. The number of nitrogens with one attached hydrogen (secondary N) is 1. The van der Waals surface area contributed by atoms with Crippen LogP contribution in [0.25, 0.3) is 0 Å². The molecule has 2 N–H and O–H groups in total. The summed E-state index contributed by atoms with van der Waals surface area (Å²) in [6.07, 6.45) is -11.0. The van der Waals surface area contributed by atoms with Crippen molar-refractivity contribution in [3.8, 4) is 0 Å². The predicted molar refractivity (Wildman–Crippen MR) is 150 cm³/mol. The van der Waals surface area contributed by atoms with Crippen LogP contribution in [0.15, 0.2) is 47.4 Å². The maximum atomic E-state index is 15.1. The van der Waals surface area contributed by atoms with Crippen LogP contribution in [0.3, 0.4) is 0 Å². The van der Waals surface area contributed by atoms with Gasteiger partial charge in [0, 0.05) is 17.0 Å². The third-order valence-corrected chi connectivity index (χ3v) is 14.0. The molecule has 0 heterocycles. The lowest BCUT2D eigenvalue weighted by Gasteiger charge is -2.52. The zero-order chi connectivity index (χ0) is 34.4. The smallest absolute Gasteiger partial charge is 0.435 e. The molecule has 256 valence electrons. The van der Waals surface area contributed by atoms with Crippen LogP contribution in [0.5, 0.6) is 0 Å². The van der Waals surface area contributed by atoms with E-state index in [1.165, 1.54) is 0 Å². The molecule has 0 aromatic heterocycles. The molecule has 5 aliphatic rings. The van der Waals surface area contributed by atoms with Crippen molar-refractivity contribution in [3.63, 3.8) is 0 Å². The van der Waals surface area contributed by atoms with Crippen molar-refractivity contribution in [2.24, 2.45) is 17.3 Å². The first-order valence-electron chi connectivity index (χ1n) is 15.3. The summed E-state index contributed by atoms with van der Waals surface area (Å²) < 4.78 is 138. The molecule has 0 unspecified atom stereocenters. The van der Waals surface area contributed by atoms with Crippen molar-refractivity contribution < 1.29 is 58.2 Å². The number of fused-ring (bicyclic) bond motifs is 6. The molecule has 2 aromatic rings. The number of aryl methyl sites for hydroxylation is 1. The number of hydrogen-bond acceptors (Lipinski definition) is 4. The number of sulfone groups is 1. The first-order chi connectivity index (χ1) is 21.7. The van der Waals surface area contributed by atoms with E-state index >= 15 is 4.39 Å². The monoisotopic (exact) mass is 693 g/mol. The summed E-state index contributed by atoms with van der Waals surface area (Å²) in [5, 5.41) is 12.8. The van der Waals surface area contributed by atoms with Crippen molar-refractivity contribution >= 4 is 21.7 Å². The lowest BCUT2D eigenvalue weighted by atomic mass is 9.57. The highest BCUT2D eigenvalue weighted by Gasteiger charge is 2.74. The predicted octanol–water partition coefficient (Wildman–Crippen LogP) is 7.05. The molecule has 0 aliphatic heterocycles. The zero-order valence-corrected chi connectivity index (χ0v) is 25.6. The van der Waals surface area contributed by atoms with Gasteiger partial charge in [0.1, 0.15) is 10.6 Å². The lowest BCUT2D eigenvalue weighted by Crippen LogP contribution is -2.59. The second kappa shape index (κ2) is 10.6. The molecule has 15 heteroatoms. The average molecular weight is 694 g/mol. The van der Waals surface area contributed by atoms with Gasteiger partial charge in [0.05, 0.1) is 10.3 Å². The Bertz CT molecular complexity index is 1680. The number of benzene rings is 2. The Morgan fingerprint density at radius 2 is 1.38 bits per heavy atom. The molecule has 2 aromatic carbocycles. The molecule has 0 saturated heterocycles. The Morgan fingerprint density at radius 1 is 0.809 bits per heavy atom. The molecule has 5 aliphatic carbocycles. The van der Waals surface area contributed by atoms with Crippen LogP contribution in [-0.4, -0.2) is 43.3 Å². The Labute approximate surface area is 264 Å². The van der Waals surface area contributed by atoms with E-state index in [-0.39, 0.29) is 41.7 Å². The summed E-state index contributed by atoms with van der Waals surface area (Å²) in [4.78, 5) is 25.5. The minimum atomic E-state index is -6.37. The Morgan fingerprint density at radius 3 is 1.91 bits per heavy atom. The highest BCUT2D eigenvalue weighted by Crippen LogP contribution is 2.61. The molecule has 6 nitrogen and oxygen atoms in total. The number of rotatable bonds is 6. The average Bonchev–Trinajstić information content (AvgIpc) is 3.42. The summed E-state index contributed by atoms with van der Waals surface area (Å²) in [5.74, 6) is -4.00. The Kier molecular flexibility index (Phi) is 7.62. The number of carbonyl (C=O) groups excluding carboxylic acids is 1. The third kappa shape index (κ3) is 4.79. The SMILES string of the molecule is O=C(NC12CCC(C(=O)O)(CC1)CC2)[C@@H]1CC[C@@]2(S(=O)(=O)c3ccc(F)cc3)c3ccc(C(F)(C(F)(F)F)C(F)(F)F)cc3CC[C@@H]12. The summed E-state index contributed by atoms with van der Waals surface area (Å²) >= 11 is 0. The van der Waals surface area contributed by atoms with Crippen LogP contribution < -0.4 is 5.32 Å². The summed E-state index contributed by atoms with van der Waals surface area (Å²) in [6.45, 7) is 0. The molecule has 4 fully saturated rings. The van der Waals surface area contributed by atoms with Crippen LogP contribution in [0.2, 0.25) is 0 Å². The van der Waals surface area contributed by atoms with E-state index in [1.807, 2.05) is 0 Å². The molecule has 7 rings (SSSR count). The van der Waals surface area contributed by atoms with Gasteiger partial charge >= 0.3 is 24.0 Å². The highest BCUT2D eigenvalue weighted by atomic mass is 32.2. The van der Waals surface area contributed by atoms with Crippen molar-refractivity contribution in [2.75, 3.05) is 0 Å². The molecule has 47 heavy (non-hydrogen) atoms. The van der Waals surface area contributed by atoms with Crippen LogP contribution in [0.1, 0.15) is 74.5 Å². The van der Waals surface area contributed by atoms with Crippen molar-refractivity contribution in [1.29, 1.82) is 0 Å². The minimum absolute atomic E-state index is 0.00537. The summed E-state index contributed by atoms with van der Waals surface area (Å²) in [6, 6.07) is 5.31. The van der Waals surface area contributed by atoms with Gasteiger partial charge in [-0.1, -0.05) is 18.2 Å². The van der Waals surface area contributed by atoms with Gasteiger partial charge in [-0.2, -0.15) is 26.3 Å². The number of carboxylic acid groups (broad SMARTS) is 1. The van der Waals surface area contributed by atoms with E-state index in [4.69, 9.17) is 0 Å². The van der Waals surface area contributed by atoms with Gasteiger partial charge in [-0.05, 0) is 106 Å². The lowest BCUT2D eigenvalue weighted by molar-refractivity contribution is -0.348. The first-order valence-corrected chi connectivity index (χ1v) is 16.7. The fourth-order valence-corrected chi connectivity index (χ4v) is 11.2. The van der Waals surface area contributed by atoms with E-state index in [0.717, 1.165) is 30.3 Å². The topological polar surface area (TPSA) is 101 Å². The number of halogens is 8. The van der Waals surface area contributed by atoms with Crippen LogP contribution in [0, 0.1) is 23.1 Å². The minimum Gasteiger partial charge on any atom is -0.481 e. The third-order valence-electron chi connectivity index (χ3n) is 11.4. The molecular weight excluding hydrogens is 662 g/mol. The van der Waals surface area contributed by atoms with Gasteiger partial charge < -0.3 is 10.4 Å². The normalized spacial score (nSPS) is 30.8. The maximum absolute atomic E-state index is 15.1. The second-order valence-electron chi connectivity index (χ2n) is 13.5. The van der Waals surface area contributed by atoms with Gasteiger partial charge in [0.25, 0.3) is 0 Å². The fraction of sp³-hybridized carbons (Fsp3) is 0.562. The van der Waals surface area contributed by atoms with Crippen LogP contribution >= 0.6 is 0 Å². The first kappa shape index (κ1) is 33.7. The van der Waals surface area contributed by atoms with Gasteiger partial charge in [-0.3, -0.25) is 9.59 Å². The van der Waals surface area contributed by atoms with Gasteiger partial charge in [-0.25, -0.2) is 17.2 Å². The number of aliphatic carboxylic acids is 1. The molecule has 1 amide bonds. The van der Waals surface area contributed by atoms with Gasteiger partial charge in [0.15, 0.2) is 9.84 Å². The number of carboxylic acids is 1. The highest BCUT2D eigenvalue weighted by molar-refractivity contribution is 7.92. The molecule has 3 atom stereocenters. The number of carbonyl (C=O) groups is 2. The van der Waals surface area contributed by atoms with E-state index in [0.29, 0.717) is 50.7 Å². The summed E-state index contributed by atoms with van der Waals surface area (Å²) in [5.41, 5.74) is -9.32. The number of hydrogen-bond donors (Lipinski definition) is 2. The maximum Gasteiger partial charge on any atom is 0.435 e. The van der Waals surface area contributed by atoms with Crippen LogP contribution in [-0.2, 0) is 36.3 Å². The second-order valence-corrected chi connectivity index (χ2v) is 15.7.